The lowest BCUT2D eigenvalue weighted by Crippen LogP contribution is -2.02. The lowest BCUT2D eigenvalue weighted by Gasteiger charge is -2.09. The molecule has 0 fully saturated rings. The van der Waals surface area contributed by atoms with Gasteiger partial charge in [0, 0.05) is 12.6 Å². The number of nitrogens with zero attached hydrogens (tertiary/aromatic N) is 3. The summed E-state index contributed by atoms with van der Waals surface area (Å²) < 4.78 is 5.60. The maximum absolute atomic E-state index is 5.60. The summed E-state index contributed by atoms with van der Waals surface area (Å²) in [5.41, 5.74) is 2.04. The number of hydrogen-bond donors (Lipinski definition) is 1. The third-order valence-electron chi connectivity index (χ3n) is 2.84. The molecule has 5 nitrogen and oxygen atoms in total. The van der Waals surface area contributed by atoms with Gasteiger partial charge in [0.05, 0.1) is 5.69 Å². The van der Waals surface area contributed by atoms with Gasteiger partial charge in [-0.15, -0.1) is 0 Å². The molecule has 102 valence electrons. The van der Waals surface area contributed by atoms with Crippen molar-refractivity contribution in [2.24, 2.45) is 0 Å². The van der Waals surface area contributed by atoms with E-state index in [1.165, 1.54) is 11.8 Å². The molecule has 19 heavy (non-hydrogen) atoms. The molecule has 0 atom stereocenters. The predicted molar refractivity (Wildman–Crippen MR) is 75.7 cm³/mol. The first-order valence-corrected chi connectivity index (χ1v) is 7.10. The van der Waals surface area contributed by atoms with Crippen molar-refractivity contribution < 1.29 is 4.42 Å². The smallest absolute Gasteiger partial charge is 0.262 e. The number of rotatable bonds is 5. The van der Waals surface area contributed by atoms with E-state index in [0.29, 0.717) is 5.22 Å². The molecule has 0 amide bonds. The predicted octanol–water partition coefficient (Wildman–Crippen LogP) is 3.23. The van der Waals surface area contributed by atoms with Crippen molar-refractivity contribution >= 4 is 17.6 Å². The van der Waals surface area contributed by atoms with E-state index in [2.05, 4.69) is 27.2 Å². The molecule has 2 rings (SSSR count). The van der Waals surface area contributed by atoms with Gasteiger partial charge in [0.2, 0.25) is 0 Å². The summed E-state index contributed by atoms with van der Waals surface area (Å²) in [4.78, 5) is 13.0. The SMILES string of the molecule is CCCc1c(NC)ncnc1Sc1nc(C)c(C)o1. The van der Waals surface area contributed by atoms with Crippen LogP contribution >= 0.6 is 11.8 Å². The highest BCUT2D eigenvalue weighted by Crippen LogP contribution is 2.32. The van der Waals surface area contributed by atoms with Crippen LogP contribution < -0.4 is 5.32 Å². The summed E-state index contributed by atoms with van der Waals surface area (Å²) in [5.74, 6) is 1.72. The van der Waals surface area contributed by atoms with Crippen LogP contribution in [-0.2, 0) is 6.42 Å². The summed E-state index contributed by atoms with van der Waals surface area (Å²) in [5, 5.41) is 4.65. The second-order valence-corrected chi connectivity index (χ2v) is 5.17. The van der Waals surface area contributed by atoms with Gasteiger partial charge in [-0.3, -0.25) is 0 Å². The molecule has 0 aromatic carbocycles. The molecule has 0 radical (unpaired) electrons. The van der Waals surface area contributed by atoms with Crippen molar-refractivity contribution in [2.45, 2.75) is 43.9 Å². The van der Waals surface area contributed by atoms with Crippen LogP contribution in [0.15, 0.2) is 21.0 Å². The van der Waals surface area contributed by atoms with Crippen LogP contribution in [0.3, 0.4) is 0 Å². The molecule has 2 aromatic heterocycles. The van der Waals surface area contributed by atoms with E-state index in [9.17, 15) is 0 Å². The van der Waals surface area contributed by atoms with Crippen LogP contribution in [-0.4, -0.2) is 22.0 Å². The number of aryl methyl sites for hydroxylation is 2. The Hall–Kier alpha value is -1.56. The average Bonchev–Trinajstić information content (AvgIpc) is 2.70. The Labute approximate surface area is 117 Å². The zero-order valence-corrected chi connectivity index (χ0v) is 12.5. The van der Waals surface area contributed by atoms with Gasteiger partial charge < -0.3 is 9.73 Å². The minimum absolute atomic E-state index is 0.633. The highest BCUT2D eigenvalue weighted by atomic mass is 32.2. The first kappa shape index (κ1) is 13.9. The molecule has 2 heterocycles. The quantitative estimate of drug-likeness (QED) is 0.847. The van der Waals surface area contributed by atoms with E-state index >= 15 is 0 Å². The second kappa shape index (κ2) is 6.06. The number of aromatic nitrogens is 3. The molecule has 0 bridgehead atoms. The number of oxazole rings is 1. The summed E-state index contributed by atoms with van der Waals surface area (Å²) >= 11 is 1.45. The lowest BCUT2D eigenvalue weighted by molar-refractivity contribution is 0.431. The Morgan fingerprint density at radius 2 is 2.11 bits per heavy atom. The molecule has 1 N–H and O–H groups in total. The second-order valence-electron chi connectivity index (χ2n) is 4.23. The monoisotopic (exact) mass is 278 g/mol. The van der Waals surface area contributed by atoms with Gasteiger partial charge >= 0.3 is 0 Å². The molecular weight excluding hydrogens is 260 g/mol. The van der Waals surface area contributed by atoms with Crippen molar-refractivity contribution in [3.05, 3.63) is 23.3 Å². The molecule has 0 aliphatic heterocycles. The van der Waals surface area contributed by atoms with Gasteiger partial charge in [0.15, 0.2) is 0 Å². The molecule has 2 aromatic rings. The summed E-state index contributed by atoms with van der Waals surface area (Å²) in [6, 6.07) is 0. The highest BCUT2D eigenvalue weighted by Gasteiger charge is 2.14. The van der Waals surface area contributed by atoms with Crippen LogP contribution in [0.25, 0.3) is 0 Å². The summed E-state index contributed by atoms with van der Waals surface area (Å²) in [6.45, 7) is 5.99. The van der Waals surface area contributed by atoms with Crippen molar-refractivity contribution in [1.82, 2.24) is 15.0 Å². The van der Waals surface area contributed by atoms with Gasteiger partial charge in [0.1, 0.15) is 22.9 Å². The third kappa shape index (κ3) is 3.07. The number of nitrogens with one attached hydrogen (secondary N) is 1. The third-order valence-corrected chi connectivity index (χ3v) is 3.73. The van der Waals surface area contributed by atoms with E-state index in [1.54, 1.807) is 6.33 Å². The Bertz CT molecular complexity index is 548. The van der Waals surface area contributed by atoms with E-state index in [4.69, 9.17) is 4.42 Å². The topological polar surface area (TPSA) is 63.8 Å². The fraction of sp³-hybridized carbons (Fsp3) is 0.462. The largest absolute Gasteiger partial charge is 0.436 e. The van der Waals surface area contributed by atoms with Gasteiger partial charge in [0.25, 0.3) is 5.22 Å². The average molecular weight is 278 g/mol. The van der Waals surface area contributed by atoms with Crippen LogP contribution in [0.2, 0.25) is 0 Å². The maximum Gasteiger partial charge on any atom is 0.262 e. The van der Waals surface area contributed by atoms with Gasteiger partial charge in [-0.1, -0.05) is 13.3 Å². The summed E-state index contributed by atoms with van der Waals surface area (Å²) in [6.07, 6.45) is 3.53. The van der Waals surface area contributed by atoms with Crippen LogP contribution in [0, 0.1) is 13.8 Å². The maximum atomic E-state index is 5.60. The normalized spacial score (nSPS) is 10.7. The highest BCUT2D eigenvalue weighted by molar-refractivity contribution is 7.99. The number of hydrogen-bond acceptors (Lipinski definition) is 6. The van der Waals surface area contributed by atoms with Gasteiger partial charge in [-0.05, 0) is 32.0 Å². The van der Waals surface area contributed by atoms with Gasteiger partial charge in [-0.25, -0.2) is 15.0 Å². The minimum Gasteiger partial charge on any atom is -0.436 e. The molecule has 0 saturated carbocycles. The first-order valence-electron chi connectivity index (χ1n) is 6.29. The standard InChI is InChI=1S/C13H18N4OS/c1-5-6-10-11(14-4)15-7-16-12(10)19-13-17-8(2)9(3)18-13/h7H,5-6H2,1-4H3,(H,14,15,16). The molecule has 0 aliphatic rings. The van der Waals surface area contributed by atoms with E-state index < -0.39 is 0 Å². The molecule has 6 heteroatoms. The van der Waals surface area contributed by atoms with Crippen LogP contribution in [0.4, 0.5) is 5.82 Å². The minimum atomic E-state index is 0.633. The zero-order chi connectivity index (χ0) is 13.8. The Morgan fingerprint density at radius 3 is 2.68 bits per heavy atom. The van der Waals surface area contributed by atoms with Crippen LogP contribution in [0.5, 0.6) is 0 Å². The first-order chi connectivity index (χ1) is 9.15. The summed E-state index contributed by atoms with van der Waals surface area (Å²) in [7, 11) is 1.87. The Morgan fingerprint density at radius 1 is 1.32 bits per heavy atom. The molecule has 0 spiro atoms. The molecule has 0 aliphatic carbocycles. The van der Waals surface area contributed by atoms with Crippen molar-refractivity contribution in [2.75, 3.05) is 12.4 Å². The Balaban J connectivity index is 2.33. The number of anilines is 1. The fourth-order valence-corrected chi connectivity index (χ4v) is 2.68. The zero-order valence-electron chi connectivity index (χ0n) is 11.6. The molecule has 0 unspecified atom stereocenters. The Kier molecular flexibility index (Phi) is 4.42. The van der Waals surface area contributed by atoms with Crippen molar-refractivity contribution in [1.29, 1.82) is 0 Å². The van der Waals surface area contributed by atoms with Gasteiger partial charge in [-0.2, -0.15) is 0 Å². The fourth-order valence-electron chi connectivity index (χ4n) is 1.74. The van der Waals surface area contributed by atoms with E-state index in [1.807, 2.05) is 20.9 Å². The van der Waals surface area contributed by atoms with Crippen molar-refractivity contribution in [3.63, 3.8) is 0 Å². The van der Waals surface area contributed by atoms with Crippen molar-refractivity contribution in [3.8, 4) is 0 Å². The molecule has 0 saturated heterocycles. The molecular formula is C13H18N4OS. The van der Waals surface area contributed by atoms with E-state index in [0.717, 1.165) is 40.7 Å². The van der Waals surface area contributed by atoms with E-state index in [-0.39, 0.29) is 0 Å². The lowest BCUT2D eigenvalue weighted by atomic mass is 10.2. The van der Waals surface area contributed by atoms with Crippen LogP contribution in [0.1, 0.15) is 30.4 Å².